The molecule has 0 aliphatic heterocycles. The van der Waals surface area contributed by atoms with Crippen molar-refractivity contribution in [3.8, 4) is 11.1 Å². The molecule has 0 heterocycles. The minimum Gasteiger partial charge on any atom is -0.294 e. The first kappa shape index (κ1) is 8.42. The van der Waals surface area contributed by atoms with Gasteiger partial charge in [0.1, 0.15) is 0 Å². The molecule has 0 bridgehead atoms. The molecule has 0 fully saturated rings. The Kier molecular flexibility index (Phi) is 1.72. The van der Waals surface area contributed by atoms with Gasteiger partial charge in [0, 0.05) is 12.0 Å². The van der Waals surface area contributed by atoms with Gasteiger partial charge in [0.2, 0.25) is 0 Å². The van der Waals surface area contributed by atoms with Gasteiger partial charge in [-0.15, -0.1) is 0 Å². The van der Waals surface area contributed by atoms with Crippen LogP contribution in [0.5, 0.6) is 0 Å². The van der Waals surface area contributed by atoms with E-state index in [1.165, 1.54) is 0 Å². The first-order chi connectivity index (χ1) is 7.36. The van der Waals surface area contributed by atoms with E-state index < -0.39 is 0 Å². The Labute approximate surface area is 88.4 Å². The molecule has 0 spiro atoms. The van der Waals surface area contributed by atoms with E-state index in [9.17, 15) is 4.79 Å². The third kappa shape index (κ3) is 1.20. The third-order valence-electron chi connectivity index (χ3n) is 2.74. The minimum atomic E-state index is 0.175. The third-order valence-corrected chi connectivity index (χ3v) is 2.74. The molecule has 0 unspecified atom stereocenters. The van der Waals surface area contributed by atoms with E-state index >= 15 is 0 Å². The Morgan fingerprint density at radius 2 is 1.80 bits per heavy atom. The van der Waals surface area contributed by atoms with Crippen LogP contribution in [0, 0.1) is 12.1 Å². The lowest BCUT2D eigenvalue weighted by Gasteiger charge is -2.17. The number of fused-ring (bicyclic) bond motifs is 3. The second-order valence-electron chi connectivity index (χ2n) is 3.64. The van der Waals surface area contributed by atoms with Gasteiger partial charge in [-0.25, -0.2) is 0 Å². The number of carbonyl (C=O) groups excluding carboxylic acids is 1. The van der Waals surface area contributed by atoms with Gasteiger partial charge in [-0.3, -0.25) is 4.79 Å². The van der Waals surface area contributed by atoms with Crippen LogP contribution < -0.4 is 0 Å². The number of rotatable bonds is 0. The smallest absolute Gasteiger partial charge is 0.167 e. The molecule has 1 aliphatic carbocycles. The summed E-state index contributed by atoms with van der Waals surface area (Å²) >= 11 is 0. The van der Waals surface area contributed by atoms with Crippen molar-refractivity contribution in [2.75, 3.05) is 0 Å². The van der Waals surface area contributed by atoms with Gasteiger partial charge in [0.15, 0.2) is 5.78 Å². The van der Waals surface area contributed by atoms with Gasteiger partial charge in [0.25, 0.3) is 0 Å². The van der Waals surface area contributed by atoms with Crippen molar-refractivity contribution >= 4 is 5.78 Å². The van der Waals surface area contributed by atoms with E-state index in [0.717, 1.165) is 22.3 Å². The topological polar surface area (TPSA) is 17.1 Å². The van der Waals surface area contributed by atoms with Gasteiger partial charge in [-0.1, -0.05) is 36.4 Å². The maximum atomic E-state index is 11.8. The number of hydrogen-bond acceptors (Lipinski definition) is 1. The van der Waals surface area contributed by atoms with Gasteiger partial charge in [-0.05, 0) is 28.8 Å². The molecule has 2 aromatic rings. The van der Waals surface area contributed by atoms with Crippen LogP contribution in [0.2, 0.25) is 0 Å². The number of benzene rings is 2. The molecule has 0 aromatic heterocycles. The highest BCUT2D eigenvalue weighted by Gasteiger charge is 2.21. The lowest BCUT2D eigenvalue weighted by Crippen LogP contribution is -2.12. The van der Waals surface area contributed by atoms with Gasteiger partial charge < -0.3 is 0 Å². The molecule has 1 heteroatoms. The molecule has 0 saturated carbocycles. The normalized spacial score (nSPS) is 13.2. The summed E-state index contributed by atoms with van der Waals surface area (Å²) < 4.78 is 0. The molecule has 0 amide bonds. The predicted octanol–water partition coefficient (Wildman–Crippen LogP) is 2.69. The van der Waals surface area contributed by atoms with E-state index in [4.69, 9.17) is 0 Å². The van der Waals surface area contributed by atoms with Crippen molar-refractivity contribution < 1.29 is 4.79 Å². The first-order valence-electron chi connectivity index (χ1n) is 4.90. The number of Topliss-reactive ketones (excluding diaryl/α,β-unsaturated/α-hetero) is 1. The van der Waals surface area contributed by atoms with E-state index in [-0.39, 0.29) is 5.78 Å². The molecule has 2 radical (unpaired) electrons. The van der Waals surface area contributed by atoms with Crippen LogP contribution in [0.15, 0.2) is 36.4 Å². The maximum Gasteiger partial charge on any atom is 0.167 e. The van der Waals surface area contributed by atoms with Crippen LogP contribution in [0.4, 0.5) is 0 Å². The highest BCUT2D eigenvalue weighted by molar-refractivity contribution is 6.07. The molecule has 0 saturated heterocycles. The summed E-state index contributed by atoms with van der Waals surface area (Å²) in [6, 6.07) is 17.5. The van der Waals surface area contributed by atoms with Crippen molar-refractivity contribution in [1.82, 2.24) is 0 Å². The van der Waals surface area contributed by atoms with Gasteiger partial charge >= 0.3 is 0 Å². The monoisotopic (exact) mass is 192 g/mol. The van der Waals surface area contributed by atoms with Crippen molar-refractivity contribution in [2.45, 2.75) is 6.42 Å². The Bertz CT molecular complexity index is 541. The Balaban J connectivity index is 2.34. The van der Waals surface area contributed by atoms with E-state index in [1.54, 1.807) is 0 Å². The average molecular weight is 192 g/mol. The fraction of sp³-hybridized carbons (Fsp3) is 0.0714. The van der Waals surface area contributed by atoms with Crippen LogP contribution >= 0.6 is 0 Å². The summed E-state index contributed by atoms with van der Waals surface area (Å²) in [5.74, 6) is 0.175. The lowest BCUT2D eigenvalue weighted by atomic mass is 9.85. The highest BCUT2D eigenvalue weighted by atomic mass is 16.1. The van der Waals surface area contributed by atoms with Crippen molar-refractivity contribution in [1.29, 1.82) is 0 Å². The first-order valence-corrected chi connectivity index (χ1v) is 4.90. The van der Waals surface area contributed by atoms with Crippen LogP contribution in [0.1, 0.15) is 15.9 Å². The van der Waals surface area contributed by atoms with Crippen LogP contribution in [-0.4, -0.2) is 5.78 Å². The SMILES string of the molecule is O=C1Cc2[c][c]ccc2-c2ccccc21. The average Bonchev–Trinajstić information content (AvgIpc) is 2.30. The zero-order chi connectivity index (χ0) is 10.3. The molecule has 70 valence electrons. The largest absolute Gasteiger partial charge is 0.294 e. The van der Waals surface area contributed by atoms with Crippen molar-refractivity contribution in [2.24, 2.45) is 0 Å². The van der Waals surface area contributed by atoms with E-state index in [1.807, 2.05) is 36.4 Å². The summed E-state index contributed by atoms with van der Waals surface area (Å²) in [5.41, 5.74) is 3.92. The Morgan fingerprint density at radius 1 is 1.00 bits per heavy atom. The summed E-state index contributed by atoms with van der Waals surface area (Å²) in [5, 5.41) is 0. The summed E-state index contributed by atoms with van der Waals surface area (Å²) in [6.07, 6.45) is 0.448. The fourth-order valence-electron chi connectivity index (χ4n) is 2.03. The van der Waals surface area contributed by atoms with Crippen molar-refractivity contribution in [3.05, 3.63) is 59.7 Å². The molecule has 3 rings (SSSR count). The molecular formula is C14H8O. The minimum absolute atomic E-state index is 0.175. The van der Waals surface area contributed by atoms with E-state index in [0.29, 0.717) is 6.42 Å². The zero-order valence-electron chi connectivity index (χ0n) is 8.08. The predicted molar refractivity (Wildman–Crippen MR) is 57.6 cm³/mol. The number of ketones is 1. The van der Waals surface area contributed by atoms with Gasteiger partial charge in [-0.2, -0.15) is 0 Å². The molecule has 2 aromatic carbocycles. The number of carbonyl (C=O) groups is 1. The quantitative estimate of drug-likeness (QED) is 0.627. The van der Waals surface area contributed by atoms with Crippen LogP contribution in [0.3, 0.4) is 0 Å². The molecular weight excluding hydrogens is 184 g/mol. The fourth-order valence-corrected chi connectivity index (χ4v) is 2.03. The van der Waals surface area contributed by atoms with Gasteiger partial charge in [0.05, 0.1) is 0 Å². The Morgan fingerprint density at radius 3 is 2.67 bits per heavy atom. The maximum absolute atomic E-state index is 11.8. The van der Waals surface area contributed by atoms with Crippen LogP contribution in [0.25, 0.3) is 11.1 Å². The zero-order valence-corrected chi connectivity index (χ0v) is 8.08. The molecule has 0 atom stereocenters. The molecule has 15 heavy (non-hydrogen) atoms. The summed E-state index contributed by atoms with van der Waals surface area (Å²) in [4.78, 5) is 11.8. The summed E-state index contributed by atoms with van der Waals surface area (Å²) in [7, 11) is 0. The Hall–Kier alpha value is -1.89. The molecule has 1 aliphatic rings. The van der Waals surface area contributed by atoms with E-state index in [2.05, 4.69) is 12.1 Å². The second kappa shape index (κ2) is 3.06. The van der Waals surface area contributed by atoms with Crippen molar-refractivity contribution in [3.63, 3.8) is 0 Å². The van der Waals surface area contributed by atoms with Crippen LogP contribution in [-0.2, 0) is 6.42 Å². The summed E-state index contributed by atoms with van der Waals surface area (Å²) in [6.45, 7) is 0. The highest BCUT2D eigenvalue weighted by Crippen LogP contribution is 2.32. The second-order valence-corrected chi connectivity index (χ2v) is 3.64. The standard InChI is InChI=1S/C14H8O/c15-14-9-10-5-1-2-6-11(10)12-7-3-4-8-13(12)14/h2-4,6-8H,9H2. The molecule has 1 nitrogen and oxygen atoms in total. The lowest BCUT2D eigenvalue weighted by molar-refractivity contribution is 0.0992. The number of hydrogen-bond donors (Lipinski definition) is 0. The molecule has 0 N–H and O–H groups in total.